The molecule has 0 spiro atoms. The lowest BCUT2D eigenvalue weighted by Crippen LogP contribution is -2.24. The van der Waals surface area contributed by atoms with Crippen molar-refractivity contribution < 1.29 is 9.53 Å². The maximum absolute atomic E-state index is 13.3. The molecule has 0 aliphatic carbocycles. The number of carbonyl (C=O) groups excluding carboxylic acids is 1. The zero-order valence-electron chi connectivity index (χ0n) is 23.7. The first-order chi connectivity index (χ1) is 19.0. The topological polar surface area (TPSA) is 60.2 Å². The first kappa shape index (κ1) is 26.9. The van der Waals surface area contributed by atoms with E-state index in [2.05, 4.69) is 76.1 Å². The van der Waals surface area contributed by atoms with Crippen molar-refractivity contribution in [1.82, 2.24) is 14.8 Å². The van der Waals surface area contributed by atoms with Gasteiger partial charge in [-0.1, -0.05) is 41.1 Å². The van der Waals surface area contributed by atoms with Gasteiger partial charge in [0, 0.05) is 41.9 Å². The summed E-state index contributed by atoms with van der Waals surface area (Å²) in [5.41, 5.74) is 7.24. The van der Waals surface area contributed by atoms with Gasteiger partial charge < -0.3 is 4.74 Å². The third-order valence-electron chi connectivity index (χ3n) is 7.58. The van der Waals surface area contributed by atoms with E-state index >= 15 is 0 Å². The lowest BCUT2D eigenvalue weighted by molar-refractivity contribution is -0.117. The van der Waals surface area contributed by atoms with Crippen LogP contribution in [0, 0.1) is 6.92 Å². The van der Waals surface area contributed by atoms with Crippen molar-refractivity contribution in [1.29, 1.82) is 0 Å². The minimum atomic E-state index is -0.299. The van der Waals surface area contributed by atoms with Crippen LogP contribution in [0.25, 0.3) is 32.2 Å². The second kappa shape index (κ2) is 9.98. The average Bonchev–Trinajstić information content (AvgIpc) is 3.59. The van der Waals surface area contributed by atoms with E-state index in [1.54, 1.807) is 11.3 Å². The summed E-state index contributed by atoms with van der Waals surface area (Å²) < 4.78 is 9.37. The summed E-state index contributed by atoms with van der Waals surface area (Å²) in [6.07, 6.45) is 2.21. The summed E-state index contributed by atoms with van der Waals surface area (Å²) in [7, 11) is 1.94. The summed E-state index contributed by atoms with van der Waals surface area (Å²) in [4.78, 5) is 20.2. The molecule has 206 valence electrons. The van der Waals surface area contributed by atoms with Crippen LogP contribution in [-0.2, 0) is 16.6 Å². The lowest BCUT2D eigenvalue weighted by atomic mass is 9.92. The molecule has 1 aliphatic rings. The molecule has 3 heterocycles. The summed E-state index contributed by atoms with van der Waals surface area (Å²) >= 11 is 7.84. The molecular weight excluding hydrogens is 540 g/mol. The zero-order valence-corrected chi connectivity index (χ0v) is 25.2. The van der Waals surface area contributed by atoms with E-state index in [1.807, 2.05) is 35.0 Å². The predicted molar refractivity (Wildman–Crippen MR) is 164 cm³/mol. The molecule has 0 saturated carbocycles. The van der Waals surface area contributed by atoms with Gasteiger partial charge in [0.05, 0.1) is 33.6 Å². The standard InChI is InChI=1S/C32H33ClN4O2S/c1-18-13-25-30(29(20-7-10-24(33)11-8-20)28(18)19(2)39-32(3,4)5)40-31(35-25)37-17-23(15-27(37)38)21-9-12-26-22(14-21)16-34-36(26)6/h7-14,16,19,23H,15,17H2,1-6H3/t19-,23?/m1/s1. The van der Waals surface area contributed by atoms with Crippen molar-refractivity contribution in [2.75, 3.05) is 11.4 Å². The molecule has 0 bridgehead atoms. The summed E-state index contributed by atoms with van der Waals surface area (Å²) in [6.45, 7) is 11.1. The number of hydrogen-bond donors (Lipinski definition) is 0. The quantitative estimate of drug-likeness (QED) is 0.213. The molecule has 1 amide bonds. The number of thiazole rings is 1. The molecule has 2 atom stereocenters. The van der Waals surface area contributed by atoms with Gasteiger partial charge >= 0.3 is 0 Å². The van der Waals surface area contributed by atoms with E-state index < -0.39 is 0 Å². The number of ether oxygens (including phenoxy) is 1. The molecule has 6 rings (SSSR count). The SMILES string of the molecule is Cc1cc2nc(N3CC(c4ccc5c(cnn5C)c4)CC3=O)sc2c(-c2ccc(Cl)cc2)c1[C@@H](C)OC(C)(C)C. The minimum absolute atomic E-state index is 0.102. The fourth-order valence-corrected chi connectivity index (χ4v) is 7.16. The number of aryl methyl sites for hydroxylation is 2. The Balaban J connectivity index is 1.42. The van der Waals surface area contributed by atoms with Gasteiger partial charge in [-0.2, -0.15) is 5.10 Å². The zero-order chi connectivity index (χ0) is 28.3. The number of aromatic nitrogens is 3. The van der Waals surface area contributed by atoms with Gasteiger partial charge in [0.1, 0.15) is 0 Å². The highest BCUT2D eigenvalue weighted by Gasteiger charge is 2.34. The number of carbonyl (C=O) groups is 1. The molecule has 8 heteroatoms. The van der Waals surface area contributed by atoms with Crippen molar-refractivity contribution in [2.45, 2.75) is 58.7 Å². The number of benzene rings is 3. The van der Waals surface area contributed by atoms with Crippen molar-refractivity contribution >= 4 is 55.1 Å². The van der Waals surface area contributed by atoms with Crippen LogP contribution in [0.15, 0.2) is 54.7 Å². The minimum Gasteiger partial charge on any atom is -0.368 e. The first-order valence-corrected chi connectivity index (χ1v) is 14.8. The molecule has 6 nitrogen and oxygen atoms in total. The van der Waals surface area contributed by atoms with E-state index in [1.165, 1.54) is 0 Å². The molecule has 0 N–H and O–H groups in total. The van der Waals surface area contributed by atoms with Crippen LogP contribution in [0.1, 0.15) is 62.8 Å². The van der Waals surface area contributed by atoms with E-state index in [0.717, 1.165) is 54.1 Å². The van der Waals surface area contributed by atoms with Crippen LogP contribution in [0.5, 0.6) is 0 Å². The van der Waals surface area contributed by atoms with Gasteiger partial charge in [0.2, 0.25) is 5.91 Å². The van der Waals surface area contributed by atoms with Gasteiger partial charge in [0.15, 0.2) is 5.13 Å². The maximum atomic E-state index is 13.3. The molecule has 40 heavy (non-hydrogen) atoms. The second-order valence-electron chi connectivity index (χ2n) is 11.7. The number of halogens is 1. The molecule has 1 saturated heterocycles. The van der Waals surface area contributed by atoms with Crippen molar-refractivity contribution in [3.05, 3.63) is 76.4 Å². The molecule has 3 aromatic carbocycles. The molecule has 0 radical (unpaired) electrons. The van der Waals surface area contributed by atoms with Crippen molar-refractivity contribution in [3.8, 4) is 11.1 Å². The van der Waals surface area contributed by atoms with E-state index in [-0.39, 0.29) is 23.5 Å². The maximum Gasteiger partial charge on any atom is 0.229 e. The molecular formula is C32H33ClN4O2S. The van der Waals surface area contributed by atoms with E-state index in [0.29, 0.717) is 18.0 Å². The van der Waals surface area contributed by atoms with Gasteiger partial charge in [-0.3, -0.25) is 14.4 Å². The highest BCUT2D eigenvalue weighted by Crippen LogP contribution is 2.45. The largest absolute Gasteiger partial charge is 0.368 e. The van der Waals surface area contributed by atoms with Crippen LogP contribution >= 0.6 is 22.9 Å². The van der Waals surface area contributed by atoms with Gasteiger partial charge in [-0.05, 0) is 87.2 Å². The van der Waals surface area contributed by atoms with Crippen LogP contribution in [0.2, 0.25) is 5.02 Å². The van der Waals surface area contributed by atoms with Gasteiger partial charge in [-0.25, -0.2) is 4.98 Å². The van der Waals surface area contributed by atoms with Gasteiger partial charge in [-0.15, -0.1) is 0 Å². The van der Waals surface area contributed by atoms with E-state index in [9.17, 15) is 4.79 Å². The number of amides is 1. The summed E-state index contributed by atoms with van der Waals surface area (Å²) in [6, 6.07) is 16.4. The highest BCUT2D eigenvalue weighted by atomic mass is 35.5. The number of hydrogen-bond acceptors (Lipinski definition) is 5. The molecule has 1 fully saturated rings. The van der Waals surface area contributed by atoms with Crippen molar-refractivity contribution in [2.24, 2.45) is 7.05 Å². The van der Waals surface area contributed by atoms with E-state index in [4.69, 9.17) is 21.3 Å². The predicted octanol–water partition coefficient (Wildman–Crippen LogP) is 8.21. The first-order valence-electron chi connectivity index (χ1n) is 13.6. The normalized spacial score (nSPS) is 16.9. The molecule has 1 aliphatic heterocycles. The Morgan fingerprint density at radius 3 is 2.60 bits per heavy atom. The Bertz CT molecular complexity index is 1750. The highest BCUT2D eigenvalue weighted by molar-refractivity contribution is 7.23. The number of nitrogens with zero attached hydrogens (tertiary/aromatic N) is 4. The summed E-state index contributed by atoms with van der Waals surface area (Å²) in [5, 5.41) is 6.88. The number of anilines is 1. The monoisotopic (exact) mass is 572 g/mol. The van der Waals surface area contributed by atoms with Crippen LogP contribution in [0.4, 0.5) is 5.13 Å². The Kier molecular flexibility index (Phi) is 6.72. The third kappa shape index (κ3) is 4.91. The second-order valence-corrected chi connectivity index (χ2v) is 13.1. The average molecular weight is 573 g/mol. The number of fused-ring (bicyclic) bond motifs is 2. The Hall–Kier alpha value is -3.26. The Morgan fingerprint density at radius 2 is 1.88 bits per heavy atom. The smallest absolute Gasteiger partial charge is 0.229 e. The fourth-order valence-electron chi connectivity index (χ4n) is 5.88. The summed E-state index contributed by atoms with van der Waals surface area (Å²) in [5.74, 6) is 0.210. The fraction of sp³-hybridized carbons (Fsp3) is 0.344. The Labute approximate surface area is 243 Å². The molecule has 5 aromatic rings. The molecule has 2 aromatic heterocycles. The van der Waals surface area contributed by atoms with Crippen LogP contribution < -0.4 is 4.90 Å². The molecule has 1 unspecified atom stereocenters. The van der Waals surface area contributed by atoms with Crippen LogP contribution in [0.3, 0.4) is 0 Å². The van der Waals surface area contributed by atoms with Crippen LogP contribution in [-0.4, -0.2) is 32.8 Å². The van der Waals surface area contributed by atoms with Crippen molar-refractivity contribution in [3.63, 3.8) is 0 Å². The third-order valence-corrected chi connectivity index (χ3v) is 8.95. The number of rotatable bonds is 5. The lowest BCUT2D eigenvalue weighted by Gasteiger charge is -2.28. The Morgan fingerprint density at radius 1 is 1.12 bits per heavy atom. The van der Waals surface area contributed by atoms with Gasteiger partial charge in [0.25, 0.3) is 0 Å².